The number of nitrogens with one attached hydrogen (secondary N) is 2. The lowest BCUT2D eigenvalue weighted by molar-refractivity contribution is 0.589. The normalized spacial score (nSPS) is 11.6. The summed E-state index contributed by atoms with van der Waals surface area (Å²) in [4.78, 5) is 8.57. The number of sulfonamides is 1. The largest absolute Gasteiger partial charge is 0.368 e. The summed E-state index contributed by atoms with van der Waals surface area (Å²) in [5.74, 6) is 1.34. The molecule has 19 heavy (non-hydrogen) atoms. The molecule has 0 aliphatic heterocycles. The van der Waals surface area contributed by atoms with Crippen LogP contribution in [0, 0.1) is 6.92 Å². The van der Waals surface area contributed by atoms with E-state index in [-0.39, 0.29) is 0 Å². The summed E-state index contributed by atoms with van der Waals surface area (Å²) in [6.07, 6.45) is 2.82. The molecule has 0 amide bonds. The number of hydrogen-bond acceptors (Lipinski definition) is 5. The average Bonchev–Trinajstić information content (AvgIpc) is 2.29. The molecule has 0 spiro atoms. The second-order valence-corrected chi connectivity index (χ2v) is 6.44. The van der Waals surface area contributed by atoms with Crippen LogP contribution in [-0.4, -0.2) is 37.7 Å². The van der Waals surface area contributed by atoms with Crippen molar-refractivity contribution in [3.63, 3.8) is 0 Å². The Labute approximate surface area is 119 Å². The van der Waals surface area contributed by atoms with Gasteiger partial charge in [-0.2, -0.15) is 0 Å². The third-order valence-electron chi connectivity index (χ3n) is 2.39. The lowest BCUT2D eigenvalue weighted by atomic mass is 10.3. The van der Waals surface area contributed by atoms with Crippen LogP contribution >= 0.6 is 11.6 Å². The predicted molar refractivity (Wildman–Crippen MR) is 77.1 cm³/mol. The Morgan fingerprint density at radius 1 is 1.26 bits per heavy atom. The summed E-state index contributed by atoms with van der Waals surface area (Å²) < 4.78 is 24.2. The number of aromatic nitrogens is 2. The fourth-order valence-electron chi connectivity index (χ4n) is 1.46. The van der Waals surface area contributed by atoms with Crippen LogP contribution in [0.5, 0.6) is 0 Å². The molecule has 1 aromatic rings. The van der Waals surface area contributed by atoms with Gasteiger partial charge in [-0.15, -0.1) is 0 Å². The van der Waals surface area contributed by atoms with E-state index in [4.69, 9.17) is 11.6 Å². The molecule has 0 aliphatic rings. The molecule has 0 aliphatic carbocycles. The molecule has 108 valence electrons. The van der Waals surface area contributed by atoms with Crippen molar-refractivity contribution < 1.29 is 8.42 Å². The molecule has 0 atom stereocenters. The molecular weight excluding hydrogens is 288 g/mol. The van der Waals surface area contributed by atoms with Crippen LogP contribution in [0.15, 0.2) is 0 Å². The smallest absolute Gasteiger partial charge is 0.208 e. The molecule has 0 bridgehead atoms. The number of halogens is 1. The van der Waals surface area contributed by atoms with Gasteiger partial charge in [-0.3, -0.25) is 0 Å². The van der Waals surface area contributed by atoms with E-state index >= 15 is 0 Å². The van der Waals surface area contributed by atoms with Crippen molar-refractivity contribution in [1.29, 1.82) is 0 Å². The standard InChI is InChI=1S/C11H19ClN4O2S/c1-4-5-9-15-10(12)8(2)11(16-9)13-6-7-14-19(3,17)18/h14H,4-7H2,1-3H3,(H,13,15,16). The molecule has 8 heteroatoms. The van der Waals surface area contributed by atoms with Crippen molar-refractivity contribution in [2.24, 2.45) is 0 Å². The minimum absolute atomic E-state index is 0.295. The first-order valence-electron chi connectivity index (χ1n) is 6.05. The van der Waals surface area contributed by atoms with Crippen molar-refractivity contribution in [1.82, 2.24) is 14.7 Å². The van der Waals surface area contributed by atoms with Gasteiger partial charge in [-0.25, -0.2) is 23.1 Å². The van der Waals surface area contributed by atoms with E-state index in [0.29, 0.717) is 29.9 Å². The highest BCUT2D eigenvalue weighted by Crippen LogP contribution is 2.20. The van der Waals surface area contributed by atoms with Crippen LogP contribution < -0.4 is 10.0 Å². The van der Waals surface area contributed by atoms with Crippen LogP contribution in [0.25, 0.3) is 0 Å². The number of aryl methyl sites for hydroxylation is 1. The highest BCUT2D eigenvalue weighted by molar-refractivity contribution is 7.88. The van der Waals surface area contributed by atoms with Crippen molar-refractivity contribution in [2.75, 3.05) is 24.7 Å². The molecule has 0 fully saturated rings. The van der Waals surface area contributed by atoms with E-state index in [2.05, 4.69) is 20.0 Å². The Bertz CT molecular complexity index is 534. The summed E-state index contributed by atoms with van der Waals surface area (Å²) in [6, 6.07) is 0. The Morgan fingerprint density at radius 2 is 1.95 bits per heavy atom. The number of nitrogens with zero attached hydrogens (tertiary/aromatic N) is 2. The summed E-state index contributed by atoms with van der Waals surface area (Å²) in [5, 5.41) is 3.49. The van der Waals surface area contributed by atoms with E-state index in [1.54, 1.807) is 0 Å². The topological polar surface area (TPSA) is 84.0 Å². The molecule has 0 unspecified atom stereocenters. The molecule has 6 nitrogen and oxygen atoms in total. The summed E-state index contributed by atoms with van der Waals surface area (Å²) in [6.45, 7) is 4.60. The number of anilines is 1. The molecule has 2 N–H and O–H groups in total. The van der Waals surface area contributed by atoms with Gasteiger partial charge >= 0.3 is 0 Å². The lowest BCUT2D eigenvalue weighted by Crippen LogP contribution is -2.28. The van der Waals surface area contributed by atoms with Crippen molar-refractivity contribution in [3.05, 3.63) is 16.5 Å². The van der Waals surface area contributed by atoms with Gasteiger partial charge < -0.3 is 5.32 Å². The molecular formula is C11H19ClN4O2S. The number of hydrogen-bond donors (Lipinski definition) is 2. The second-order valence-electron chi connectivity index (χ2n) is 4.25. The molecule has 0 radical (unpaired) electrons. The fraction of sp³-hybridized carbons (Fsp3) is 0.636. The monoisotopic (exact) mass is 306 g/mol. The first kappa shape index (κ1) is 16.1. The van der Waals surface area contributed by atoms with E-state index in [9.17, 15) is 8.42 Å². The Balaban J connectivity index is 2.66. The van der Waals surface area contributed by atoms with Gasteiger partial charge in [-0.1, -0.05) is 18.5 Å². The van der Waals surface area contributed by atoms with E-state index in [1.807, 2.05) is 13.8 Å². The second kappa shape index (κ2) is 7.02. The van der Waals surface area contributed by atoms with Gasteiger partial charge in [-0.05, 0) is 13.3 Å². The Morgan fingerprint density at radius 3 is 2.53 bits per heavy atom. The highest BCUT2D eigenvalue weighted by Gasteiger charge is 2.08. The van der Waals surface area contributed by atoms with E-state index in [1.165, 1.54) is 0 Å². The van der Waals surface area contributed by atoms with Crippen LogP contribution in [0.3, 0.4) is 0 Å². The first-order chi connectivity index (χ1) is 8.83. The van der Waals surface area contributed by atoms with Crippen LogP contribution in [-0.2, 0) is 16.4 Å². The average molecular weight is 307 g/mol. The maximum absolute atomic E-state index is 10.9. The van der Waals surface area contributed by atoms with Crippen LogP contribution in [0.1, 0.15) is 24.7 Å². The lowest BCUT2D eigenvalue weighted by Gasteiger charge is -2.11. The zero-order valence-electron chi connectivity index (χ0n) is 11.3. The third-order valence-corrected chi connectivity index (χ3v) is 3.48. The maximum Gasteiger partial charge on any atom is 0.208 e. The molecule has 0 aromatic carbocycles. The predicted octanol–water partition coefficient (Wildman–Crippen LogP) is 1.35. The van der Waals surface area contributed by atoms with Crippen LogP contribution in [0.4, 0.5) is 5.82 Å². The minimum atomic E-state index is -3.16. The number of rotatable bonds is 7. The zero-order chi connectivity index (χ0) is 14.5. The third kappa shape index (κ3) is 5.71. The summed E-state index contributed by atoms with van der Waals surface area (Å²) in [7, 11) is -3.16. The van der Waals surface area contributed by atoms with Gasteiger partial charge in [0.2, 0.25) is 10.0 Å². The Kier molecular flexibility index (Phi) is 5.96. The Hall–Kier alpha value is -0.920. The van der Waals surface area contributed by atoms with Gasteiger partial charge in [0.15, 0.2) is 0 Å². The quantitative estimate of drug-likeness (QED) is 0.587. The molecule has 0 saturated carbocycles. The maximum atomic E-state index is 10.9. The summed E-state index contributed by atoms with van der Waals surface area (Å²) >= 11 is 6.04. The van der Waals surface area contributed by atoms with Gasteiger partial charge in [0.05, 0.1) is 6.26 Å². The molecule has 0 saturated heterocycles. The summed E-state index contributed by atoms with van der Waals surface area (Å²) in [5.41, 5.74) is 0.765. The van der Waals surface area contributed by atoms with E-state index < -0.39 is 10.0 Å². The van der Waals surface area contributed by atoms with Gasteiger partial charge in [0, 0.05) is 25.1 Å². The van der Waals surface area contributed by atoms with Gasteiger partial charge in [0.1, 0.15) is 16.8 Å². The highest BCUT2D eigenvalue weighted by atomic mass is 35.5. The molecule has 1 rings (SSSR count). The fourth-order valence-corrected chi connectivity index (χ4v) is 2.12. The molecule has 1 aromatic heterocycles. The van der Waals surface area contributed by atoms with Crippen LogP contribution in [0.2, 0.25) is 5.15 Å². The van der Waals surface area contributed by atoms with Crippen molar-refractivity contribution in [2.45, 2.75) is 26.7 Å². The zero-order valence-corrected chi connectivity index (χ0v) is 12.9. The SMILES string of the molecule is CCCc1nc(Cl)c(C)c(NCCNS(C)(=O)=O)n1. The first-order valence-corrected chi connectivity index (χ1v) is 8.32. The minimum Gasteiger partial charge on any atom is -0.368 e. The van der Waals surface area contributed by atoms with E-state index in [0.717, 1.165) is 24.7 Å². The van der Waals surface area contributed by atoms with Gasteiger partial charge in [0.25, 0.3) is 0 Å². The molecule has 1 heterocycles. The van der Waals surface area contributed by atoms with Crippen molar-refractivity contribution >= 4 is 27.4 Å². The van der Waals surface area contributed by atoms with Crippen molar-refractivity contribution in [3.8, 4) is 0 Å².